The number of benzene rings is 1. The van der Waals surface area contributed by atoms with Crippen molar-refractivity contribution in [1.29, 1.82) is 0 Å². The first-order chi connectivity index (χ1) is 13.7. The normalized spacial score (nSPS) is 19.5. The van der Waals surface area contributed by atoms with E-state index in [4.69, 9.17) is 0 Å². The molecule has 0 spiro atoms. The second kappa shape index (κ2) is 8.65. The van der Waals surface area contributed by atoms with Crippen molar-refractivity contribution >= 4 is 11.7 Å². The van der Waals surface area contributed by atoms with Gasteiger partial charge in [0.1, 0.15) is 17.7 Å². The number of carbonyl (C=O) groups excluding carboxylic acids is 1. The Morgan fingerprint density at radius 2 is 1.64 bits per heavy atom. The molecule has 1 aromatic carbocycles. The number of rotatable bonds is 4. The van der Waals surface area contributed by atoms with Gasteiger partial charge in [-0.05, 0) is 43.6 Å². The Hall–Kier alpha value is -2.54. The van der Waals surface area contributed by atoms with Crippen LogP contribution in [0.15, 0.2) is 42.9 Å². The van der Waals surface area contributed by atoms with Gasteiger partial charge in [0, 0.05) is 38.6 Å². The van der Waals surface area contributed by atoms with Crippen molar-refractivity contribution in [2.75, 3.05) is 44.2 Å². The van der Waals surface area contributed by atoms with E-state index in [-0.39, 0.29) is 17.8 Å². The first-order valence-corrected chi connectivity index (χ1v) is 10.0. The second-order valence-electron chi connectivity index (χ2n) is 7.43. The highest BCUT2D eigenvalue weighted by atomic mass is 19.1. The molecule has 7 heteroatoms. The van der Waals surface area contributed by atoms with Gasteiger partial charge in [-0.1, -0.05) is 18.6 Å². The van der Waals surface area contributed by atoms with Crippen molar-refractivity contribution in [3.63, 3.8) is 0 Å². The highest BCUT2D eigenvalue weighted by molar-refractivity contribution is 5.83. The molecular weight excluding hydrogens is 357 g/mol. The second-order valence-corrected chi connectivity index (χ2v) is 7.43. The van der Waals surface area contributed by atoms with Crippen molar-refractivity contribution in [3.8, 4) is 0 Å². The zero-order valence-electron chi connectivity index (χ0n) is 16.0. The van der Waals surface area contributed by atoms with E-state index < -0.39 is 0 Å². The fourth-order valence-corrected chi connectivity index (χ4v) is 4.11. The van der Waals surface area contributed by atoms with E-state index in [0.29, 0.717) is 13.1 Å². The smallest absolute Gasteiger partial charge is 0.244 e. The van der Waals surface area contributed by atoms with Crippen molar-refractivity contribution in [2.24, 2.45) is 0 Å². The van der Waals surface area contributed by atoms with Crippen LogP contribution in [0.2, 0.25) is 0 Å². The Morgan fingerprint density at radius 1 is 0.929 bits per heavy atom. The summed E-state index contributed by atoms with van der Waals surface area (Å²) in [7, 11) is 0. The van der Waals surface area contributed by atoms with Crippen molar-refractivity contribution in [3.05, 3.63) is 54.2 Å². The van der Waals surface area contributed by atoms with Gasteiger partial charge in [0.25, 0.3) is 0 Å². The third kappa shape index (κ3) is 4.14. The standard InChI is InChI=1S/C21H26FN5O/c22-18-6-4-17(5-7-18)20(26-10-2-1-3-11-26)21(28)27-14-12-25(13-15-27)19-16-23-8-9-24-19/h4-9,16,20H,1-3,10-15H2. The number of piperazine rings is 1. The minimum absolute atomic E-state index is 0.118. The lowest BCUT2D eigenvalue weighted by atomic mass is 10.00. The van der Waals surface area contributed by atoms with E-state index in [9.17, 15) is 9.18 Å². The molecule has 28 heavy (non-hydrogen) atoms. The predicted molar refractivity (Wildman–Crippen MR) is 105 cm³/mol. The zero-order chi connectivity index (χ0) is 19.3. The topological polar surface area (TPSA) is 52.6 Å². The van der Waals surface area contributed by atoms with Gasteiger partial charge in [0.05, 0.1) is 6.20 Å². The fourth-order valence-electron chi connectivity index (χ4n) is 4.11. The molecular formula is C21H26FN5O. The molecule has 1 aromatic heterocycles. The number of hydrogen-bond acceptors (Lipinski definition) is 5. The number of amides is 1. The molecule has 0 aliphatic carbocycles. The third-order valence-corrected chi connectivity index (χ3v) is 5.64. The number of hydrogen-bond donors (Lipinski definition) is 0. The largest absolute Gasteiger partial charge is 0.352 e. The molecule has 0 saturated carbocycles. The summed E-state index contributed by atoms with van der Waals surface area (Å²) in [4.78, 5) is 28.3. The summed E-state index contributed by atoms with van der Waals surface area (Å²) in [5.41, 5.74) is 0.879. The molecule has 1 unspecified atom stereocenters. The fraction of sp³-hybridized carbons (Fsp3) is 0.476. The van der Waals surface area contributed by atoms with Crippen LogP contribution in [-0.2, 0) is 4.79 Å². The number of piperidine rings is 1. The molecule has 1 amide bonds. The Balaban J connectivity index is 1.48. The maximum atomic E-state index is 13.5. The van der Waals surface area contributed by atoms with Crippen LogP contribution in [0.1, 0.15) is 30.9 Å². The molecule has 2 aromatic rings. The summed E-state index contributed by atoms with van der Waals surface area (Å²) in [5.74, 6) is 0.694. The van der Waals surface area contributed by atoms with E-state index in [1.54, 1.807) is 30.7 Å². The van der Waals surface area contributed by atoms with Gasteiger partial charge in [-0.3, -0.25) is 14.7 Å². The van der Waals surface area contributed by atoms with E-state index >= 15 is 0 Å². The van der Waals surface area contributed by atoms with Crippen LogP contribution in [-0.4, -0.2) is 64.9 Å². The molecule has 0 radical (unpaired) electrons. The predicted octanol–water partition coefficient (Wildman–Crippen LogP) is 2.49. The van der Waals surface area contributed by atoms with Crippen LogP contribution in [0, 0.1) is 5.82 Å². The Bertz CT molecular complexity index is 771. The lowest BCUT2D eigenvalue weighted by Crippen LogP contribution is -2.53. The Morgan fingerprint density at radius 3 is 2.29 bits per heavy atom. The summed E-state index contributed by atoms with van der Waals surface area (Å²) in [6, 6.07) is 6.07. The van der Waals surface area contributed by atoms with Crippen molar-refractivity contribution in [1.82, 2.24) is 19.8 Å². The van der Waals surface area contributed by atoms with E-state index in [2.05, 4.69) is 19.8 Å². The summed E-state index contributed by atoms with van der Waals surface area (Å²) in [6.45, 7) is 4.60. The molecule has 0 N–H and O–H groups in total. The summed E-state index contributed by atoms with van der Waals surface area (Å²) >= 11 is 0. The number of anilines is 1. The molecule has 6 nitrogen and oxygen atoms in total. The third-order valence-electron chi connectivity index (χ3n) is 5.64. The number of likely N-dealkylation sites (tertiary alicyclic amines) is 1. The quantitative estimate of drug-likeness (QED) is 0.812. The molecule has 148 valence electrons. The average Bonchev–Trinajstić information content (AvgIpc) is 2.77. The lowest BCUT2D eigenvalue weighted by molar-refractivity contribution is -0.138. The van der Waals surface area contributed by atoms with Crippen LogP contribution >= 0.6 is 0 Å². The number of carbonyl (C=O) groups is 1. The van der Waals surface area contributed by atoms with E-state index in [1.807, 2.05) is 4.90 Å². The Kier molecular flexibility index (Phi) is 5.81. The van der Waals surface area contributed by atoms with Gasteiger partial charge in [0.15, 0.2) is 0 Å². The Labute approximate surface area is 165 Å². The molecule has 1 atom stereocenters. The number of halogens is 1. The SMILES string of the molecule is O=C(C(c1ccc(F)cc1)N1CCCCC1)N1CCN(c2cnccn2)CC1. The van der Waals surface area contributed by atoms with Crippen LogP contribution in [0.25, 0.3) is 0 Å². The first-order valence-electron chi connectivity index (χ1n) is 10.0. The lowest BCUT2D eigenvalue weighted by Gasteiger charge is -2.40. The highest BCUT2D eigenvalue weighted by Crippen LogP contribution is 2.27. The molecule has 4 rings (SSSR count). The van der Waals surface area contributed by atoms with Gasteiger partial charge >= 0.3 is 0 Å². The van der Waals surface area contributed by atoms with Gasteiger partial charge in [-0.25, -0.2) is 9.37 Å². The minimum atomic E-state index is -0.330. The number of aromatic nitrogens is 2. The molecule has 3 heterocycles. The molecule has 2 saturated heterocycles. The van der Waals surface area contributed by atoms with Crippen LogP contribution in [0.3, 0.4) is 0 Å². The molecule has 2 fully saturated rings. The average molecular weight is 383 g/mol. The van der Waals surface area contributed by atoms with Gasteiger partial charge in [-0.2, -0.15) is 0 Å². The van der Waals surface area contributed by atoms with Gasteiger partial charge < -0.3 is 9.80 Å². The summed E-state index contributed by atoms with van der Waals surface area (Å²) in [5, 5.41) is 0. The monoisotopic (exact) mass is 383 g/mol. The van der Waals surface area contributed by atoms with Crippen LogP contribution in [0.4, 0.5) is 10.2 Å². The van der Waals surface area contributed by atoms with E-state index in [1.165, 1.54) is 18.6 Å². The van der Waals surface area contributed by atoms with Crippen LogP contribution < -0.4 is 4.90 Å². The van der Waals surface area contributed by atoms with E-state index in [0.717, 1.165) is 50.4 Å². The van der Waals surface area contributed by atoms with Crippen molar-refractivity contribution < 1.29 is 9.18 Å². The first kappa shape index (κ1) is 18.8. The highest BCUT2D eigenvalue weighted by Gasteiger charge is 2.33. The minimum Gasteiger partial charge on any atom is -0.352 e. The van der Waals surface area contributed by atoms with Gasteiger partial charge in [0.2, 0.25) is 5.91 Å². The summed E-state index contributed by atoms with van der Waals surface area (Å²) in [6.07, 6.45) is 8.52. The summed E-state index contributed by atoms with van der Waals surface area (Å²) < 4.78 is 13.4. The molecule has 2 aliphatic rings. The van der Waals surface area contributed by atoms with Crippen molar-refractivity contribution in [2.45, 2.75) is 25.3 Å². The number of nitrogens with zero attached hydrogens (tertiary/aromatic N) is 5. The molecule has 2 aliphatic heterocycles. The van der Waals surface area contributed by atoms with Gasteiger partial charge in [-0.15, -0.1) is 0 Å². The van der Waals surface area contributed by atoms with Crippen LogP contribution in [0.5, 0.6) is 0 Å². The maximum Gasteiger partial charge on any atom is 0.244 e. The zero-order valence-corrected chi connectivity index (χ0v) is 16.0. The molecule has 0 bridgehead atoms. The maximum absolute atomic E-state index is 13.5.